The molecule has 0 bridgehead atoms. The lowest BCUT2D eigenvalue weighted by Gasteiger charge is -2.23. The van der Waals surface area contributed by atoms with Gasteiger partial charge in [0.1, 0.15) is 0 Å². The zero-order valence-corrected chi connectivity index (χ0v) is 9.49. The van der Waals surface area contributed by atoms with E-state index in [-0.39, 0.29) is 5.54 Å². The van der Waals surface area contributed by atoms with Crippen molar-refractivity contribution < 1.29 is 0 Å². The summed E-state index contributed by atoms with van der Waals surface area (Å²) in [5.74, 6) is 0. The van der Waals surface area contributed by atoms with E-state index in [9.17, 15) is 0 Å². The molecule has 0 aliphatic heterocycles. The van der Waals surface area contributed by atoms with E-state index in [1.807, 2.05) is 0 Å². The van der Waals surface area contributed by atoms with Gasteiger partial charge in [0, 0.05) is 17.3 Å². The quantitative estimate of drug-likeness (QED) is 0.498. The van der Waals surface area contributed by atoms with Crippen molar-refractivity contribution in [2.24, 2.45) is 0 Å². The molecule has 12 heavy (non-hydrogen) atoms. The van der Waals surface area contributed by atoms with Gasteiger partial charge in [0.25, 0.3) is 0 Å². The highest BCUT2D eigenvalue weighted by molar-refractivity contribution is 7.81. The summed E-state index contributed by atoms with van der Waals surface area (Å²) >= 11 is 4.25. The lowest BCUT2D eigenvalue weighted by molar-refractivity contribution is 0.394. The standard InChI is InChI=1S/C10H21NS/c1-5-10(3,4)11-8-6-7-9(2)12/h6-7,9,11-12H,5,8H2,1-4H3/b7-6-. The first-order valence-corrected chi connectivity index (χ1v) is 5.09. The molecule has 0 saturated heterocycles. The Morgan fingerprint density at radius 1 is 1.50 bits per heavy atom. The summed E-state index contributed by atoms with van der Waals surface area (Å²) in [6.07, 6.45) is 5.38. The molecule has 0 aromatic carbocycles. The van der Waals surface area contributed by atoms with Crippen molar-refractivity contribution in [1.82, 2.24) is 5.32 Å². The highest BCUT2D eigenvalue weighted by Gasteiger charge is 2.11. The van der Waals surface area contributed by atoms with Gasteiger partial charge in [0.2, 0.25) is 0 Å². The monoisotopic (exact) mass is 187 g/mol. The van der Waals surface area contributed by atoms with Crippen molar-refractivity contribution in [3.05, 3.63) is 12.2 Å². The van der Waals surface area contributed by atoms with Crippen LogP contribution in [0.5, 0.6) is 0 Å². The van der Waals surface area contributed by atoms with Gasteiger partial charge in [0.15, 0.2) is 0 Å². The average molecular weight is 187 g/mol. The molecule has 0 radical (unpaired) electrons. The van der Waals surface area contributed by atoms with Crippen LogP contribution in [0.4, 0.5) is 0 Å². The van der Waals surface area contributed by atoms with Gasteiger partial charge in [-0.15, -0.1) is 0 Å². The van der Waals surface area contributed by atoms with Gasteiger partial charge in [-0.1, -0.05) is 26.0 Å². The summed E-state index contributed by atoms with van der Waals surface area (Å²) in [4.78, 5) is 0. The largest absolute Gasteiger partial charge is 0.308 e. The van der Waals surface area contributed by atoms with Crippen LogP contribution in [0.15, 0.2) is 12.2 Å². The molecular weight excluding hydrogens is 166 g/mol. The second kappa shape index (κ2) is 5.65. The molecule has 72 valence electrons. The number of nitrogens with one attached hydrogen (secondary N) is 1. The van der Waals surface area contributed by atoms with Crippen molar-refractivity contribution >= 4 is 12.6 Å². The molecule has 1 unspecified atom stereocenters. The average Bonchev–Trinajstić information content (AvgIpc) is 1.98. The number of rotatable bonds is 5. The smallest absolute Gasteiger partial charge is 0.0168 e. The fourth-order valence-corrected chi connectivity index (χ4v) is 0.847. The van der Waals surface area contributed by atoms with Gasteiger partial charge < -0.3 is 5.32 Å². The van der Waals surface area contributed by atoms with E-state index in [0.29, 0.717) is 5.25 Å². The van der Waals surface area contributed by atoms with E-state index in [1.54, 1.807) is 0 Å². The van der Waals surface area contributed by atoms with Gasteiger partial charge in [-0.05, 0) is 20.3 Å². The normalized spacial score (nSPS) is 15.4. The second-order valence-corrected chi connectivity index (χ2v) is 4.60. The van der Waals surface area contributed by atoms with Crippen LogP contribution < -0.4 is 5.32 Å². The van der Waals surface area contributed by atoms with Crippen LogP contribution >= 0.6 is 12.6 Å². The summed E-state index contributed by atoms with van der Waals surface area (Å²) < 4.78 is 0. The predicted molar refractivity (Wildman–Crippen MR) is 60.0 cm³/mol. The van der Waals surface area contributed by atoms with Crippen LogP contribution in [0.1, 0.15) is 34.1 Å². The Bertz CT molecular complexity index is 139. The molecule has 1 nitrogen and oxygen atoms in total. The molecular formula is C10H21NS. The zero-order valence-electron chi connectivity index (χ0n) is 8.59. The first-order valence-electron chi connectivity index (χ1n) is 4.57. The second-order valence-electron chi connectivity index (χ2n) is 3.79. The van der Waals surface area contributed by atoms with E-state index in [1.165, 1.54) is 0 Å². The molecule has 1 N–H and O–H groups in total. The maximum Gasteiger partial charge on any atom is 0.0168 e. The Balaban J connectivity index is 3.56. The Hall–Kier alpha value is 0.0500. The summed E-state index contributed by atoms with van der Waals surface area (Å²) in [6.45, 7) is 9.62. The Morgan fingerprint density at radius 3 is 2.50 bits per heavy atom. The van der Waals surface area contributed by atoms with E-state index in [4.69, 9.17) is 0 Å². The van der Waals surface area contributed by atoms with Gasteiger partial charge >= 0.3 is 0 Å². The third-order valence-corrected chi connectivity index (χ3v) is 2.17. The predicted octanol–water partition coefficient (Wildman–Crippen LogP) is 2.64. The maximum absolute atomic E-state index is 4.25. The summed E-state index contributed by atoms with van der Waals surface area (Å²) in [5.41, 5.74) is 0.254. The fourth-order valence-electron chi connectivity index (χ4n) is 0.725. The third kappa shape index (κ3) is 6.74. The minimum atomic E-state index is 0.254. The molecule has 0 spiro atoms. The molecule has 2 heteroatoms. The zero-order chi connectivity index (χ0) is 9.61. The van der Waals surface area contributed by atoms with Crippen molar-refractivity contribution in [3.63, 3.8) is 0 Å². The number of hydrogen-bond acceptors (Lipinski definition) is 2. The van der Waals surface area contributed by atoms with Crippen molar-refractivity contribution in [2.45, 2.75) is 44.9 Å². The summed E-state index contributed by atoms with van der Waals surface area (Å²) in [6, 6.07) is 0. The Kier molecular flexibility index (Phi) is 5.68. The molecule has 0 aromatic heterocycles. The first kappa shape index (κ1) is 12.0. The van der Waals surface area contributed by atoms with Crippen molar-refractivity contribution in [1.29, 1.82) is 0 Å². The van der Waals surface area contributed by atoms with Crippen molar-refractivity contribution in [2.75, 3.05) is 6.54 Å². The van der Waals surface area contributed by atoms with Crippen LogP contribution in [0.2, 0.25) is 0 Å². The minimum Gasteiger partial charge on any atom is -0.308 e. The fraction of sp³-hybridized carbons (Fsp3) is 0.800. The molecule has 0 heterocycles. The lowest BCUT2D eigenvalue weighted by Crippen LogP contribution is -2.38. The molecule has 0 aliphatic rings. The van der Waals surface area contributed by atoms with E-state index >= 15 is 0 Å². The Labute approximate surface area is 82.0 Å². The van der Waals surface area contributed by atoms with Crippen LogP contribution in [-0.4, -0.2) is 17.3 Å². The highest BCUT2D eigenvalue weighted by Crippen LogP contribution is 2.05. The van der Waals surface area contributed by atoms with Crippen LogP contribution in [0.3, 0.4) is 0 Å². The first-order chi connectivity index (χ1) is 5.48. The lowest BCUT2D eigenvalue weighted by atomic mass is 10.0. The van der Waals surface area contributed by atoms with E-state index in [0.717, 1.165) is 13.0 Å². The molecule has 0 saturated carbocycles. The van der Waals surface area contributed by atoms with Crippen LogP contribution in [-0.2, 0) is 0 Å². The van der Waals surface area contributed by atoms with E-state index in [2.05, 4.69) is 57.8 Å². The van der Waals surface area contributed by atoms with Gasteiger partial charge in [-0.2, -0.15) is 12.6 Å². The van der Waals surface area contributed by atoms with Crippen LogP contribution in [0.25, 0.3) is 0 Å². The molecule has 0 amide bonds. The minimum absolute atomic E-state index is 0.254. The third-order valence-electron chi connectivity index (χ3n) is 2.00. The molecule has 1 atom stereocenters. The molecule has 0 fully saturated rings. The van der Waals surface area contributed by atoms with Crippen LogP contribution in [0, 0.1) is 0 Å². The topological polar surface area (TPSA) is 12.0 Å². The van der Waals surface area contributed by atoms with Crippen molar-refractivity contribution in [3.8, 4) is 0 Å². The molecule has 0 aromatic rings. The van der Waals surface area contributed by atoms with E-state index < -0.39 is 0 Å². The highest BCUT2D eigenvalue weighted by atomic mass is 32.1. The molecule has 0 aliphatic carbocycles. The summed E-state index contributed by atoms with van der Waals surface area (Å²) in [7, 11) is 0. The maximum atomic E-state index is 4.25. The van der Waals surface area contributed by atoms with Gasteiger partial charge in [0.05, 0.1) is 0 Å². The Morgan fingerprint density at radius 2 is 2.08 bits per heavy atom. The van der Waals surface area contributed by atoms with Gasteiger partial charge in [-0.3, -0.25) is 0 Å². The summed E-state index contributed by atoms with van der Waals surface area (Å²) in [5, 5.41) is 3.80. The number of thiol groups is 1. The number of hydrogen-bond donors (Lipinski definition) is 2. The SMILES string of the molecule is CCC(C)(C)NC/C=C\C(C)S. The molecule has 0 rings (SSSR count). The van der Waals surface area contributed by atoms with Gasteiger partial charge in [-0.25, -0.2) is 0 Å².